The molecule has 132 valence electrons. The summed E-state index contributed by atoms with van der Waals surface area (Å²) >= 11 is 1.53. The van der Waals surface area contributed by atoms with E-state index < -0.39 is 4.92 Å². The van der Waals surface area contributed by atoms with E-state index in [-0.39, 0.29) is 5.69 Å². The van der Waals surface area contributed by atoms with Gasteiger partial charge >= 0.3 is 0 Å². The number of nitro groups is 1. The second-order valence-electron chi connectivity index (χ2n) is 5.83. The molecular formula is C21H15N3O2S. The van der Waals surface area contributed by atoms with Gasteiger partial charge in [0.25, 0.3) is 5.69 Å². The number of nitro benzene ring substituents is 1. The third kappa shape index (κ3) is 3.56. The minimum Gasteiger partial charge on any atom is -0.285 e. The molecule has 4 rings (SSSR count). The summed E-state index contributed by atoms with van der Waals surface area (Å²) in [5.74, 6) is 0. The number of non-ortho nitro benzene ring substituents is 1. The zero-order valence-corrected chi connectivity index (χ0v) is 15.0. The minimum atomic E-state index is -0.390. The van der Waals surface area contributed by atoms with Crippen LogP contribution in [0.15, 0.2) is 95.3 Å². The van der Waals surface area contributed by atoms with Crippen molar-refractivity contribution in [3.63, 3.8) is 0 Å². The normalized spacial score (nSPS) is 11.5. The Morgan fingerprint density at radius 1 is 0.852 bits per heavy atom. The van der Waals surface area contributed by atoms with Crippen molar-refractivity contribution in [2.24, 2.45) is 4.99 Å². The average molecular weight is 373 g/mol. The lowest BCUT2D eigenvalue weighted by Crippen LogP contribution is -2.13. The zero-order chi connectivity index (χ0) is 18.6. The van der Waals surface area contributed by atoms with E-state index in [0.29, 0.717) is 0 Å². The van der Waals surface area contributed by atoms with Gasteiger partial charge in [0.15, 0.2) is 4.80 Å². The molecule has 1 aromatic heterocycles. The van der Waals surface area contributed by atoms with Crippen LogP contribution in [0.2, 0.25) is 0 Å². The van der Waals surface area contributed by atoms with Gasteiger partial charge in [0.2, 0.25) is 0 Å². The van der Waals surface area contributed by atoms with Crippen LogP contribution in [0.4, 0.5) is 11.4 Å². The first kappa shape index (κ1) is 16.9. The molecule has 4 aromatic rings. The van der Waals surface area contributed by atoms with E-state index in [1.807, 2.05) is 66.0 Å². The van der Waals surface area contributed by atoms with Crippen molar-refractivity contribution in [3.8, 4) is 16.9 Å². The lowest BCUT2D eigenvalue weighted by molar-refractivity contribution is -0.384. The Hall–Kier alpha value is -3.51. The van der Waals surface area contributed by atoms with Crippen molar-refractivity contribution >= 4 is 22.7 Å². The molecule has 6 heteroatoms. The molecule has 0 saturated heterocycles. The maximum absolute atomic E-state index is 10.9. The van der Waals surface area contributed by atoms with E-state index in [4.69, 9.17) is 4.99 Å². The maximum Gasteiger partial charge on any atom is 0.269 e. The van der Waals surface area contributed by atoms with Gasteiger partial charge in [-0.2, -0.15) is 0 Å². The lowest BCUT2D eigenvalue weighted by Gasteiger charge is -2.09. The molecule has 0 bridgehead atoms. The molecule has 1 heterocycles. The number of thiazole rings is 1. The Kier molecular flexibility index (Phi) is 4.63. The Morgan fingerprint density at radius 2 is 1.48 bits per heavy atom. The molecule has 0 unspecified atom stereocenters. The third-order valence-electron chi connectivity index (χ3n) is 4.08. The minimum absolute atomic E-state index is 0.0782. The van der Waals surface area contributed by atoms with Crippen molar-refractivity contribution in [3.05, 3.63) is 105 Å². The first-order valence-corrected chi connectivity index (χ1v) is 9.21. The van der Waals surface area contributed by atoms with Crippen LogP contribution in [0.1, 0.15) is 0 Å². The molecule has 0 N–H and O–H groups in total. The highest BCUT2D eigenvalue weighted by molar-refractivity contribution is 7.07. The number of benzene rings is 3. The van der Waals surface area contributed by atoms with Crippen LogP contribution in [0.5, 0.6) is 0 Å². The standard InChI is InChI=1S/C21H15N3O2S/c25-24(26)19-13-11-16(12-14-19)20-15-27-21(22-17-7-3-1-4-8-17)23(20)18-9-5-2-6-10-18/h1-15H. The highest BCUT2D eigenvalue weighted by Gasteiger charge is 2.12. The van der Waals surface area contributed by atoms with Gasteiger partial charge in [-0.05, 0) is 42.0 Å². The van der Waals surface area contributed by atoms with Crippen LogP contribution >= 0.6 is 11.3 Å². The van der Waals surface area contributed by atoms with E-state index in [2.05, 4.69) is 4.57 Å². The molecule has 0 fully saturated rings. The summed E-state index contributed by atoms with van der Waals surface area (Å²) < 4.78 is 2.07. The van der Waals surface area contributed by atoms with Gasteiger partial charge in [0.05, 0.1) is 16.3 Å². The molecule has 5 nitrogen and oxygen atoms in total. The Bertz CT molecular complexity index is 1130. The smallest absolute Gasteiger partial charge is 0.269 e. The van der Waals surface area contributed by atoms with Crippen LogP contribution in [0.3, 0.4) is 0 Å². The summed E-state index contributed by atoms with van der Waals surface area (Å²) in [6, 6.07) is 26.3. The summed E-state index contributed by atoms with van der Waals surface area (Å²) in [4.78, 5) is 16.2. The summed E-state index contributed by atoms with van der Waals surface area (Å²) in [5, 5.41) is 13.0. The topological polar surface area (TPSA) is 60.4 Å². The first-order chi connectivity index (χ1) is 13.2. The number of hydrogen-bond acceptors (Lipinski definition) is 4. The molecular weight excluding hydrogens is 358 g/mol. The molecule has 3 aromatic carbocycles. The van der Waals surface area contributed by atoms with Crippen LogP contribution in [-0.2, 0) is 0 Å². The van der Waals surface area contributed by atoms with Gasteiger partial charge < -0.3 is 0 Å². The van der Waals surface area contributed by atoms with E-state index in [1.54, 1.807) is 12.1 Å². The second kappa shape index (κ2) is 7.39. The summed E-state index contributed by atoms with van der Waals surface area (Å²) in [6.45, 7) is 0. The average Bonchev–Trinajstić information content (AvgIpc) is 3.13. The molecule has 0 aliphatic carbocycles. The predicted octanol–water partition coefficient (Wildman–Crippen LogP) is 5.35. The number of hydrogen-bond donors (Lipinski definition) is 0. The van der Waals surface area contributed by atoms with Crippen LogP contribution in [-0.4, -0.2) is 9.49 Å². The van der Waals surface area contributed by atoms with E-state index >= 15 is 0 Å². The van der Waals surface area contributed by atoms with Crippen LogP contribution in [0, 0.1) is 10.1 Å². The summed E-state index contributed by atoms with van der Waals surface area (Å²) in [6.07, 6.45) is 0. The second-order valence-corrected chi connectivity index (χ2v) is 6.66. The van der Waals surface area contributed by atoms with E-state index in [9.17, 15) is 10.1 Å². The van der Waals surface area contributed by atoms with Gasteiger partial charge in [-0.15, -0.1) is 11.3 Å². The fourth-order valence-electron chi connectivity index (χ4n) is 2.78. The maximum atomic E-state index is 10.9. The molecule has 0 aliphatic rings. The number of nitrogens with zero attached hydrogens (tertiary/aromatic N) is 3. The molecule has 0 saturated carbocycles. The van der Waals surface area contributed by atoms with E-state index in [0.717, 1.165) is 27.4 Å². The monoisotopic (exact) mass is 373 g/mol. The highest BCUT2D eigenvalue weighted by atomic mass is 32.1. The largest absolute Gasteiger partial charge is 0.285 e. The fourth-order valence-corrected chi connectivity index (χ4v) is 3.71. The van der Waals surface area contributed by atoms with Gasteiger partial charge in [-0.3, -0.25) is 14.7 Å². The van der Waals surface area contributed by atoms with E-state index in [1.165, 1.54) is 23.5 Å². The van der Waals surface area contributed by atoms with Crippen molar-refractivity contribution in [2.45, 2.75) is 0 Å². The summed E-state index contributed by atoms with van der Waals surface area (Å²) in [5.41, 5.74) is 3.78. The molecule has 0 spiro atoms. The molecule has 0 radical (unpaired) electrons. The van der Waals surface area contributed by atoms with Gasteiger partial charge in [-0.1, -0.05) is 36.4 Å². The lowest BCUT2D eigenvalue weighted by atomic mass is 10.1. The molecule has 0 amide bonds. The quantitative estimate of drug-likeness (QED) is 0.358. The molecule has 27 heavy (non-hydrogen) atoms. The van der Waals surface area contributed by atoms with Crippen molar-refractivity contribution < 1.29 is 4.92 Å². The van der Waals surface area contributed by atoms with Crippen LogP contribution in [0.25, 0.3) is 16.9 Å². The SMILES string of the molecule is O=[N+]([O-])c1ccc(-c2csc(=Nc3ccccc3)n2-c2ccccc2)cc1. The number of rotatable bonds is 4. The number of para-hydroxylation sites is 2. The summed E-state index contributed by atoms with van der Waals surface area (Å²) in [7, 11) is 0. The Morgan fingerprint density at radius 3 is 2.11 bits per heavy atom. The Labute approximate surface area is 159 Å². The zero-order valence-electron chi connectivity index (χ0n) is 14.2. The molecule has 0 aliphatic heterocycles. The third-order valence-corrected chi connectivity index (χ3v) is 4.90. The first-order valence-electron chi connectivity index (χ1n) is 8.33. The van der Waals surface area contributed by atoms with Gasteiger partial charge in [0, 0.05) is 23.2 Å². The van der Waals surface area contributed by atoms with Gasteiger partial charge in [-0.25, -0.2) is 4.99 Å². The van der Waals surface area contributed by atoms with Crippen molar-refractivity contribution in [2.75, 3.05) is 0 Å². The van der Waals surface area contributed by atoms with Gasteiger partial charge in [0.1, 0.15) is 0 Å². The number of aromatic nitrogens is 1. The van der Waals surface area contributed by atoms with Crippen molar-refractivity contribution in [1.82, 2.24) is 4.57 Å². The van der Waals surface area contributed by atoms with Crippen LogP contribution < -0.4 is 4.80 Å². The fraction of sp³-hybridized carbons (Fsp3) is 0. The predicted molar refractivity (Wildman–Crippen MR) is 107 cm³/mol. The van der Waals surface area contributed by atoms with Crippen molar-refractivity contribution in [1.29, 1.82) is 0 Å². The highest BCUT2D eigenvalue weighted by Crippen LogP contribution is 2.26. The molecule has 0 atom stereocenters. The Balaban J connectivity index is 1.90.